The predicted octanol–water partition coefficient (Wildman–Crippen LogP) is 2.21. The van der Waals surface area contributed by atoms with Gasteiger partial charge >= 0.3 is 0 Å². The number of hydrogen-bond acceptors (Lipinski definition) is 3. The van der Waals surface area contributed by atoms with Gasteiger partial charge in [-0.2, -0.15) is 0 Å². The molecule has 1 aliphatic heterocycles. The summed E-state index contributed by atoms with van der Waals surface area (Å²) in [6.45, 7) is 0.391. The monoisotopic (exact) mass is 282 g/mol. The summed E-state index contributed by atoms with van der Waals surface area (Å²) in [4.78, 5) is 17.9. The first kappa shape index (κ1) is 11.1. The van der Waals surface area contributed by atoms with Gasteiger partial charge in [0.2, 0.25) is 5.90 Å². The van der Waals surface area contributed by atoms with Crippen molar-refractivity contribution in [3.8, 4) is 0 Å². The van der Waals surface area contributed by atoms with Gasteiger partial charge in [0.15, 0.2) is 0 Å². The molecule has 2 rings (SSSR count). The fourth-order valence-electron chi connectivity index (χ4n) is 1.54. The number of likely N-dealkylation sites (N-methyl/N-ethyl adjacent to an activating group) is 1. The van der Waals surface area contributed by atoms with E-state index in [1.165, 1.54) is 0 Å². The molecule has 0 saturated heterocycles. The second kappa shape index (κ2) is 4.25. The number of carbonyl (C=O) groups excluding carboxylic acids is 1. The SMILES string of the molecule is COC1=Nc2ccc(Br)cc2C(=O)N(C)C1. The normalized spacial score (nSPS) is 15.3. The number of aliphatic imine (C=N–C) groups is 1. The Kier molecular flexibility index (Phi) is 2.96. The topological polar surface area (TPSA) is 41.9 Å². The van der Waals surface area contributed by atoms with Gasteiger partial charge in [-0.3, -0.25) is 4.79 Å². The number of methoxy groups -OCH3 is 1. The average molecular weight is 283 g/mol. The summed E-state index contributed by atoms with van der Waals surface area (Å²) < 4.78 is 5.99. The number of fused-ring (bicyclic) bond motifs is 1. The van der Waals surface area contributed by atoms with Gasteiger partial charge in [0.1, 0.15) is 0 Å². The highest BCUT2D eigenvalue weighted by molar-refractivity contribution is 9.10. The number of carbonyl (C=O) groups is 1. The van der Waals surface area contributed by atoms with Crippen molar-refractivity contribution in [2.75, 3.05) is 20.7 Å². The van der Waals surface area contributed by atoms with Crippen molar-refractivity contribution < 1.29 is 9.53 Å². The van der Waals surface area contributed by atoms with E-state index in [9.17, 15) is 4.79 Å². The molecule has 84 valence electrons. The molecule has 1 aliphatic rings. The number of amides is 1. The van der Waals surface area contributed by atoms with Crippen molar-refractivity contribution in [1.82, 2.24) is 4.90 Å². The first-order valence-electron chi connectivity index (χ1n) is 4.78. The number of hydrogen-bond donors (Lipinski definition) is 0. The standard InChI is InChI=1S/C11H11BrN2O2/c1-14-6-10(16-2)13-9-4-3-7(12)5-8(9)11(14)15/h3-5H,6H2,1-2H3. The summed E-state index contributed by atoms with van der Waals surface area (Å²) in [5.41, 5.74) is 1.23. The van der Waals surface area contributed by atoms with Crippen LogP contribution >= 0.6 is 15.9 Å². The summed E-state index contributed by atoms with van der Waals surface area (Å²) >= 11 is 3.35. The Bertz CT molecular complexity index is 471. The van der Waals surface area contributed by atoms with E-state index >= 15 is 0 Å². The van der Waals surface area contributed by atoms with Crippen LogP contribution in [0.1, 0.15) is 10.4 Å². The molecule has 4 nitrogen and oxygen atoms in total. The van der Waals surface area contributed by atoms with Gasteiger partial charge in [0, 0.05) is 11.5 Å². The minimum absolute atomic E-state index is 0.0490. The third kappa shape index (κ3) is 1.95. The van der Waals surface area contributed by atoms with Gasteiger partial charge in [-0.15, -0.1) is 0 Å². The van der Waals surface area contributed by atoms with Crippen LogP contribution in [0, 0.1) is 0 Å². The van der Waals surface area contributed by atoms with E-state index in [2.05, 4.69) is 20.9 Å². The smallest absolute Gasteiger partial charge is 0.256 e. The third-order valence-electron chi connectivity index (χ3n) is 2.39. The minimum atomic E-state index is -0.0490. The lowest BCUT2D eigenvalue weighted by Gasteiger charge is -2.14. The Morgan fingerprint density at radius 1 is 1.50 bits per heavy atom. The molecule has 0 N–H and O–H groups in total. The van der Waals surface area contributed by atoms with E-state index in [0.29, 0.717) is 23.7 Å². The van der Waals surface area contributed by atoms with Crippen LogP contribution in [0.4, 0.5) is 5.69 Å². The molecule has 0 radical (unpaired) electrons. The number of rotatable bonds is 0. The molecule has 0 saturated carbocycles. The lowest BCUT2D eigenvalue weighted by molar-refractivity contribution is 0.0812. The van der Waals surface area contributed by atoms with Crippen molar-refractivity contribution >= 4 is 33.4 Å². The molecular formula is C11H11BrN2O2. The molecule has 0 fully saturated rings. The second-order valence-corrected chi connectivity index (χ2v) is 4.45. The van der Waals surface area contributed by atoms with Gasteiger partial charge in [-0.1, -0.05) is 15.9 Å². The van der Waals surface area contributed by atoms with Gasteiger partial charge in [-0.25, -0.2) is 4.99 Å². The molecule has 1 aromatic carbocycles. The maximum atomic E-state index is 12.0. The van der Waals surface area contributed by atoms with Crippen LogP contribution < -0.4 is 0 Å². The molecule has 5 heteroatoms. The van der Waals surface area contributed by atoms with E-state index < -0.39 is 0 Å². The molecular weight excluding hydrogens is 272 g/mol. The van der Waals surface area contributed by atoms with Crippen LogP contribution in [0.5, 0.6) is 0 Å². The highest BCUT2D eigenvalue weighted by Crippen LogP contribution is 2.26. The first-order chi connectivity index (χ1) is 7.61. The molecule has 0 aliphatic carbocycles. The molecule has 0 bridgehead atoms. The highest BCUT2D eigenvalue weighted by Gasteiger charge is 2.21. The van der Waals surface area contributed by atoms with E-state index in [1.807, 2.05) is 6.07 Å². The van der Waals surface area contributed by atoms with Gasteiger partial charge < -0.3 is 9.64 Å². The summed E-state index contributed by atoms with van der Waals surface area (Å²) in [5.74, 6) is 0.490. The summed E-state index contributed by atoms with van der Waals surface area (Å²) in [5, 5.41) is 0. The van der Waals surface area contributed by atoms with E-state index in [-0.39, 0.29) is 5.91 Å². The van der Waals surface area contributed by atoms with Crippen LogP contribution in [0.2, 0.25) is 0 Å². The largest absolute Gasteiger partial charge is 0.483 e. The molecule has 1 aromatic rings. The van der Waals surface area contributed by atoms with Crippen molar-refractivity contribution in [2.24, 2.45) is 4.99 Å². The van der Waals surface area contributed by atoms with Crippen molar-refractivity contribution in [2.45, 2.75) is 0 Å². The van der Waals surface area contributed by atoms with E-state index in [4.69, 9.17) is 4.74 Å². The maximum absolute atomic E-state index is 12.0. The number of ether oxygens (including phenoxy) is 1. The number of halogens is 1. The van der Waals surface area contributed by atoms with Crippen LogP contribution in [0.15, 0.2) is 27.7 Å². The first-order valence-corrected chi connectivity index (χ1v) is 5.57. The van der Waals surface area contributed by atoms with Crippen LogP contribution in [0.25, 0.3) is 0 Å². The minimum Gasteiger partial charge on any atom is -0.483 e. The third-order valence-corrected chi connectivity index (χ3v) is 2.88. The molecule has 0 atom stereocenters. The lowest BCUT2D eigenvalue weighted by Crippen LogP contribution is -2.31. The Balaban J connectivity index is 2.57. The summed E-state index contributed by atoms with van der Waals surface area (Å²) in [6, 6.07) is 5.43. The highest BCUT2D eigenvalue weighted by atomic mass is 79.9. The van der Waals surface area contributed by atoms with Crippen LogP contribution in [-0.2, 0) is 4.74 Å². The van der Waals surface area contributed by atoms with Gasteiger partial charge in [0.25, 0.3) is 5.91 Å². The van der Waals surface area contributed by atoms with E-state index in [0.717, 1.165) is 4.47 Å². The Morgan fingerprint density at radius 2 is 2.25 bits per heavy atom. The number of benzene rings is 1. The lowest BCUT2D eigenvalue weighted by atomic mass is 10.1. The molecule has 16 heavy (non-hydrogen) atoms. The molecule has 1 heterocycles. The zero-order valence-corrected chi connectivity index (χ0v) is 10.6. The Morgan fingerprint density at radius 3 is 2.94 bits per heavy atom. The van der Waals surface area contributed by atoms with Crippen molar-refractivity contribution in [1.29, 1.82) is 0 Å². The fourth-order valence-corrected chi connectivity index (χ4v) is 1.90. The summed E-state index contributed by atoms with van der Waals surface area (Å²) in [6.07, 6.45) is 0. The second-order valence-electron chi connectivity index (χ2n) is 3.53. The van der Waals surface area contributed by atoms with Gasteiger partial charge in [-0.05, 0) is 18.2 Å². The average Bonchev–Trinajstić information content (AvgIpc) is 2.39. The zero-order chi connectivity index (χ0) is 11.7. The number of nitrogens with zero attached hydrogens (tertiary/aromatic N) is 2. The molecule has 0 aromatic heterocycles. The molecule has 1 amide bonds. The molecule has 0 spiro atoms. The zero-order valence-electron chi connectivity index (χ0n) is 9.03. The molecule has 0 unspecified atom stereocenters. The quantitative estimate of drug-likeness (QED) is 0.732. The van der Waals surface area contributed by atoms with Crippen molar-refractivity contribution in [3.05, 3.63) is 28.2 Å². The maximum Gasteiger partial charge on any atom is 0.256 e. The van der Waals surface area contributed by atoms with Gasteiger partial charge in [0.05, 0.1) is 24.9 Å². The Labute approximate surface area is 102 Å². The van der Waals surface area contributed by atoms with Crippen molar-refractivity contribution in [3.63, 3.8) is 0 Å². The fraction of sp³-hybridized carbons (Fsp3) is 0.273. The predicted molar refractivity (Wildman–Crippen MR) is 65.2 cm³/mol. The van der Waals surface area contributed by atoms with E-state index in [1.54, 1.807) is 31.2 Å². The van der Waals surface area contributed by atoms with Crippen LogP contribution in [-0.4, -0.2) is 37.4 Å². The van der Waals surface area contributed by atoms with Crippen LogP contribution in [0.3, 0.4) is 0 Å². The Hall–Kier alpha value is -1.36. The summed E-state index contributed by atoms with van der Waals surface area (Å²) in [7, 11) is 3.29.